The molecule has 4 amide bonds. The number of urea groups is 1. The van der Waals surface area contributed by atoms with Crippen LogP contribution in [0, 0.1) is 5.92 Å². The molecule has 2 aliphatic heterocycles. The molecule has 0 radical (unpaired) electrons. The van der Waals surface area contributed by atoms with E-state index in [4.69, 9.17) is 0 Å². The van der Waals surface area contributed by atoms with Gasteiger partial charge in [0.05, 0.1) is 0 Å². The lowest BCUT2D eigenvalue weighted by molar-refractivity contribution is -0.136. The highest BCUT2D eigenvalue weighted by atomic mass is 32.1. The molecule has 2 fully saturated rings. The zero-order valence-corrected chi connectivity index (χ0v) is 18.6. The molecule has 2 aromatic heterocycles. The number of carbonyl (C=O) groups excluding carboxylic acids is 3. The summed E-state index contributed by atoms with van der Waals surface area (Å²) < 4.78 is 0. The number of hydrogen-bond acceptors (Lipinski definition) is 5. The lowest BCUT2D eigenvalue weighted by atomic mass is 9.73. The Hall–Kier alpha value is -2.74. The van der Waals surface area contributed by atoms with Crippen molar-refractivity contribution in [1.82, 2.24) is 20.1 Å². The number of pyridine rings is 1. The predicted molar refractivity (Wildman–Crippen MR) is 118 cm³/mol. The van der Waals surface area contributed by atoms with E-state index < -0.39 is 5.54 Å². The molecule has 4 rings (SSSR count). The van der Waals surface area contributed by atoms with Gasteiger partial charge in [0.2, 0.25) is 5.91 Å². The maximum absolute atomic E-state index is 13.8. The number of amides is 4. The van der Waals surface area contributed by atoms with E-state index in [1.165, 1.54) is 4.90 Å². The summed E-state index contributed by atoms with van der Waals surface area (Å²) in [6.07, 6.45) is 6.68. The Kier molecular flexibility index (Phi) is 6.36. The predicted octanol–water partition coefficient (Wildman–Crippen LogP) is 3.17. The van der Waals surface area contributed by atoms with Crippen molar-refractivity contribution in [3.63, 3.8) is 0 Å². The van der Waals surface area contributed by atoms with Crippen LogP contribution in [0.1, 0.15) is 43.0 Å². The first-order valence-corrected chi connectivity index (χ1v) is 11.8. The van der Waals surface area contributed by atoms with Gasteiger partial charge >= 0.3 is 6.03 Å². The van der Waals surface area contributed by atoms with Crippen LogP contribution < -0.4 is 5.32 Å². The second kappa shape index (κ2) is 9.18. The summed E-state index contributed by atoms with van der Waals surface area (Å²) in [7, 11) is 0. The van der Waals surface area contributed by atoms with Crippen molar-refractivity contribution in [2.75, 3.05) is 19.6 Å². The summed E-state index contributed by atoms with van der Waals surface area (Å²) in [4.78, 5) is 47.6. The third-order valence-corrected chi connectivity index (χ3v) is 7.27. The average molecular weight is 441 g/mol. The minimum absolute atomic E-state index is 0.0921. The minimum atomic E-state index is -1.12. The number of nitrogens with one attached hydrogen (secondary N) is 1. The maximum Gasteiger partial charge on any atom is 0.325 e. The van der Waals surface area contributed by atoms with Crippen LogP contribution in [-0.2, 0) is 21.5 Å². The number of likely N-dealkylation sites (tertiary alicyclic amines) is 1. The second-order valence-electron chi connectivity index (χ2n) is 8.17. The van der Waals surface area contributed by atoms with Gasteiger partial charge in [0.15, 0.2) is 5.54 Å². The average Bonchev–Trinajstić information content (AvgIpc) is 3.40. The number of piperidine rings is 1. The van der Waals surface area contributed by atoms with Crippen LogP contribution >= 0.6 is 11.3 Å². The molecule has 2 aliphatic rings. The van der Waals surface area contributed by atoms with Crippen LogP contribution in [0.25, 0.3) is 0 Å². The van der Waals surface area contributed by atoms with E-state index >= 15 is 0 Å². The van der Waals surface area contributed by atoms with Crippen molar-refractivity contribution in [2.24, 2.45) is 5.92 Å². The fourth-order valence-corrected chi connectivity index (χ4v) is 5.41. The van der Waals surface area contributed by atoms with Gasteiger partial charge in [-0.3, -0.25) is 19.5 Å². The summed E-state index contributed by atoms with van der Waals surface area (Å²) in [6, 6.07) is 7.29. The zero-order valence-electron chi connectivity index (χ0n) is 17.8. The maximum atomic E-state index is 13.8. The molecule has 2 saturated heterocycles. The topological polar surface area (TPSA) is 82.6 Å². The van der Waals surface area contributed by atoms with E-state index in [0.29, 0.717) is 50.9 Å². The smallest absolute Gasteiger partial charge is 0.325 e. The van der Waals surface area contributed by atoms with Crippen LogP contribution in [0.15, 0.2) is 42.0 Å². The quantitative estimate of drug-likeness (QED) is 0.671. The third kappa shape index (κ3) is 4.08. The Bertz CT molecular complexity index is 926. The van der Waals surface area contributed by atoms with Gasteiger partial charge in [-0.25, -0.2) is 4.79 Å². The van der Waals surface area contributed by atoms with Gasteiger partial charge in [-0.15, -0.1) is 11.3 Å². The lowest BCUT2D eigenvalue weighted by Gasteiger charge is -2.41. The van der Waals surface area contributed by atoms with Crippen molar-refractivity contribution in [3.05, 3.63) is 52.5 Å². The van der Waals surface area contributed by atoms with E-state index in [-0.39, 0.29) is 23.8 Å². The van der Waals surface area contributed by atoms with Gasteiger partial charge in [0.1, 0.15) is 0 Å². The van der Waals surface area contributed by atoms with Crippen molar-refractivity contribution in [1.29, 1.82) is 0 Å². The summed E-state index contributed by atoms with van der Waals surface area (Å²) in [5, 5.41) is 5.04. The number of rotatable bonds is 7. The van der Waals surface area contributed by atoms with Crippen molar-refractivity contribution >= 4 is 29.2 Å². The Balaban J connectivity index is 1.57. The van der Waals surface area contributed by atoms with Gasteiger partial charge in [-0.05, 0) is 49.1 Å². The number of carbonyl (C=O) groups is 3. The molecule has 0 bridgehead atoms. The molecule has 7 nitrogen and oxygen atoms in total. The van der Waals surface area contributed by atoms with Gasteiger partial charge in [0.25, 0.3) is 5.91 Å². The highest BCUT2D eigenvalue weighted by Gasteiger charge is 2.57. The fourth-order valence-electron chi connectivity index (χ4n) is 4.71. The van der Waals surface area contributed by atoms with Crippen LogP contribution in [0.4, 0.5) is 4.79 Å². The number of nitrogens with zero attached hydrogens (tertiary/aromatic N) is 3. The first-order valence-electron chi connectivity index (χ1n) is 10.9. The van der Waals surface area contributed by atoms with Gasteiger partial charge < -0.3 is 10.2 Å². The van der Waals surface area contributed by atoms with Gasteiger partial charge in [-0.2, -0.15) is 0 Å². The van der Waals surface area contributed by atoms with Crippen LogP contribution in [0.5, 0.6) is 0 Å². The molecule has 164 valence electrons. The fraction of sp³-hybridized carbons (Fsp3) is 0.478. The number of aromatic nitrogens is 1. The van der Waals surface area contributed by atoms with E-state index in [9.17, 15) is 14.4 Å². The Morgan fingerprint density at radius 3 is 2.71 bits per heavy atom. The molecular weight excluding hydrogens is 412 g/mol. The van der Waals surface area contributed by atoms with E-state index in [1.807, 2.05) is 35.4 Å². The SMILES string of the molecule is CCCC(=O)N1CCC([C@@]2(c3cccnc3)NC(=O)N(CCc3cccs3)C2=O)CC1. The molecule has 4 heterocycles. The molecule has 2 aromatic rings. The number of thiophene rings is 1. The number of hydrogen-bond donors (Lipinski definition) is 1. The standard InChI is InChI=1S/C23H28N4O3S/c1-2-5-20(28)26-12-8-17(9-13-26)23(18-6-3-11-24-16-18)21(29)27(22(30)25-23)14-10-19-7-4-15-31-19/h3-4,6-7,11,15-17H,2,5,8-10,12-14H2,1H3,(H,25,30)/t23-/m0/s1. The highest BCUT2D eigenvalue weighted by Crippen LogP contribution is 2.41. The molecular formula is C23H28N4O3S. The molecule has 1 N–H and O–H groups in total. The van der Waals surface area contributed by atoms with E-state index in [0.717, 1.165) is 11.3 Å². The first kappa shape index (κ1) is 21.5. The lowest BCUT2D eigenvalue weighted by Crippen LogP contribution is -2.54. The molecule has 1 atom stereocenters. The van der Waals surface area contributed by atoms with E-state index in [1.54, 1.807) is 29.8 Å². The minimum Gasteiger partial charge on any atom is -0.343 e. The van der Waals surface area contributed by atoms with Gasteiger partial charge in [0, 0.05) is 48.9 Å². The zero-order chi connectivity index (χ0) is 21.8. The molecule has 31 heavy (non-hydrogen) atoms. The Morgan fingerprint density at radius 1 is 1.26 bits per heavy atom. The highest BCUT2D eigenvalue weighted by molar-refractivity contribution is 7.09. The molecule has 0 spiro atoms. The van der Waals surface area contributed by atoms with Crippen LogP contribution in [-0.4, -0.2) is 52.3 Å². The summed E-state index contributed by atoms with van der Waals surface area (Å²) in [6.45, 7) is 3.55. The largest absolute Gasteiger partial charge is 0.343 e. The summed E-state index contributed by atoms with van der Waals surface area (Å²) in [5.74, 6) is -0.137. The second-order valence-corrected chi connectivity index (χ2v) is 9.20. The molecule has 0 aromatic carbocycles. The van der Waals surface area contributed by atoms with Crippen molar-refractivity contribution in [2.45, 2.75) is 44.6 Å². The monoisotopic (exact) mass is 440 g/mol. The summed E-state index contributed by atoms with van der Waals surface area (Å²) >= 11 is 1.62. The normalized spacial score (nSPS) is 22.1. The van der Waals surface area contributed by atoms with Crippen LogP contribution in [0.2, 0.25) is 0 Å². The van der Waals surface area contributed by atoms with E-state index in [2.05, 4.69) is 10.3 Å². The number of imide groups is 1. The summed E-state index contributed by atoms with van der Waals surface area (Å²) in [5.41, 5.74) is -0.411. The van der Waals surface area contributed by atoms with Crippen molar-refractivity contribution < 1.29 is 14.4 Å². The molecule has 0 saturated carbocycles. The molecule has 0 aliphatic carbocycles. The Morgan fingerprint density at radius 2 is 2.06 bits per heavy atom. The van der Waals surface area contributed by atoms with Crippen LogP contribution in [0.3, 0.4) is 0 Å². The molecule has 8 heteroatoms. The third-order valence-electron chi connectivity index (χ3n) is 6.33. The van der Waals surface area contributed by atoms with Gasteiger partial charge in [-0.1, -0.05) is 19.1 Å². The molecule has 0 unspecified atom stereocenters. The van der Waals surface area contributed by atoms with Crippen molar-refractivity contribution in [3.8, 4) is 0 Å². The Labute approximate surface area is 186 Å². The first-order chi connectivity index (χ1) is 15.1.